The maximum atomic E-state index is 12.5. The first-order chi connectivity index (χ1) is 9.90. The second-order valence-corrected chi connectivity index (χ2v) is 5.83. The quantitative estimate of drug-likeness (QED) is 0.891. The molecule has 5 heteroatoms. The number of hydrogen-bond donors (Lipinski definition) is 2. The van der Waals surface area contributed by atoms with Gasteiger partial charge in [-0.3, -0.25) is 4.79 Å². The fourth-order valence-corrected chi connectivity index (χ4v) is 2.92. The highest BCUT2D eigenvalue weighted by Gasteiger charge is 2.24. The molecule has 1 unspecified atom stereocenters. The first-order valence-electron chi connectivity index (χ1n) is 7.23. The third-order valence-corrected chi connectivity index (χ3v) is 4.02. The Kier molecular flexibility index (Phi) is 4.63. The third-order valence-electron chi connectivity index (χ3n) is 4.02. The van der Waals surface area contributed by atoms with Gasteiger partial charge in [0.2, 0.25) is 0 Å². The van der Waals surface area contributed by atoms with Crippen molar-refractivity contribution in [2.75, 3.05) is 20.1 Å². The van der Waals surface area contributed by atoms with Crippen molar-refractivity contribution in [3.8, 4) is 0 Å². The molecule has 5 nitrogen and oxygen atoms in total. The molecule has 1 saturated heterocycles. The molecule has 1 aromatic carbocycles. The predicted octanol–water partition coefficient (Wildman–Crippen LogP) is 1.83. The van der Waals surface area contributed by atoms with Gasteiger partial charge in [0.1, 0.15) is 0 Å². The Morgan fingerprint density at radius 1 is 1.24 bits per heavy atom. The van der Waals surface area contributed by atoms with Crippen LogP contribution < -0.4 is 5.32 Å². The second-order valence-electron chi connectivity index (χ2n) is 5.83. The van der Waals surface area contributed by atoms with Gasteiger partial charge in [-0.25, -0.2) is 4.79 Å². The van der Waals surface area contributed by atoms with E-state index >= 15 is 0 Å². The normalized spacial score (nSPS) is 19.3. The van der Waals surface area contributed by atoms with Gasteiger partial charge in [0, 0.05) is 12.6 Å². The van der Waals surface area contributed by atoms with Gasteiger partial charge in [-0.05, 0) is 51.4 Å². The second kappa shape index (κ2) is 6.26. The van der Waals surface area contributed by atoms with Crippen LogP contribution >= 0.6 is 0 Å². The van der Waals surface area contributed by atoms with Gasteiger partial charge in [-0.15, -0.1) is 0 Å². The molecule has 1 fully saturated rings. The number of amides is 1. The lowest BCUT2D eigenvalue weighted by atomic mass is 9.96. The number of aromatic carboxylic acids is 1. The number of carboxylic acids is 1. The van der Waals surface area contributed by atoms with Crippen molar-refractivity contribution < 1.29 is 14.7 Å². The molecule has 1 aromatic rings. The molecule has 1 heterocycles. The molecule has 21 heavy (non-hydrogen) atoms. The number of hydrogen-bond acceptors (Lipinski definition) is 3. The lowest BCUT2D eigenvalue weighted by Gasteiger charge is -2.30. The van der Waals surface area contributed by atoms with Gasteiger partial charge in [0.15, 0.2) is 0 Å². The minimum atomic E-state index is -1.05. The van der Waals surface area contributed by atoms with Crippen molar-refractivity contribution in [3.05, 3.63) is 34.4 Å². The summed E-state index contributed by atoms with van der Waals surface area (Å²) in [5, 5.41) is 12.4. The zero-order valence-electron chi connectivity index (χ0n) is 12.8. The molecule has 0 saturated carbocycles. The van der Waals surface area contributed by atoms with E-state index in [-0.39, 0.29) is 23.1 Å². The number of nitrogens with one attached hydrogen (secondary N) is 1. The number of nitrogens with zero attached hydrogens (tertiary/aromatic N) is 1. The first kappa shape index (κ1) is 15.5. The topological polar surface area (TPSA) is 69.6 Å². The van der Waals surface area contributed by atoms with Gasteiger partial charge in [-0.2, -0.15) is 0 Å². The molecule has 1 atom stereocenters. The van der Waals surface area contributed by atoms with E-state index in [9.17, 15) is 14.7 Å². The molecule has 0 radical (unpaired) electrons. The summed E-state index contributed by atoms with van der Waals surface area (Å²) in [6.07, 6.45) is 1.98. The Morgan fingerprint density at radius 2 is 1.86 bits per heavy atom. The fourth-order valence-electron chi connectivity index (χ4n) is 2.92. The van der Waals surface area contributed by atoms with Crippen LogP contribution in [-0.4, -0.2) is 48.1 Å². The van der Waals surface area contributed by atoms with E-state index in [0.717, 1.165) is 25.9 Å². The average molecular weight is 290 g/mol. The number of likely N-dealkylation sites (tertiary alicyclic amines) is 1. The van der Waals surface area contributed by atoms with Gasteiger partial charge in [0.05, 0.1) is 11.1 Å². The summed E-state index contributed by atoms with van der Waals surface area (Å²) in [4.78, 5) is 26.2. The summed E-state index contributed by atoms with van der Waals surface area (Å²) in [5.41, 5.74) is 1.70. The molecule has 2 N–H and O–H groups in total. The molecule has 114 valence electrons. The molecule has 1 aliphatic rings. The minimum Gasteiger partial charge on any atom is -0.478 e. The highest BCUT2D eigenvalue weighted by Crippen LogP contribution is 2.19. The van der Waals surface area contributed by atoms with E-state index in [1.807, 2.05) is 7.05 Å². The van der Waals surface area contributed by atoms with E-state index in [0.29, 0.717) is 11.1 Å². The maximum absolute atomic E-state index is 12.5. The van der Waals surface area contributed by atoms with Crippen LogP contribution in [0.5, 0.6) is 0 Å². The van der Waals surface area contributed by atoms with Gasteiger partial charge in [-0.1, -0.05) is 12.1 Å². The van der Waals surface area contributed by atoms with Crippen LogP contribution in [0.1, 0.15) is 44.7 Å². The molecule has 0 aliphatic carbocycles. The van der Waals surface area contributed by atoms with Crippen LogP contribution in [0.25, 0.3) is 0 Å². The summed E-state index contributed by atoms with van der Waals surface area (Å²) in [7, 11) is 2.03. The smallest absolute Gasteiger partial charge is 0.336 e. The minimum absolute atomic E-state index is 0.0813. The van der Waals surface area contributed by atoms with Gasteiger partial charge in [0.25, 0.3) is 5.91 Å². The molecule has 2 rings (SSSR count). The number of aryl methyl sites for hydroxylation is 2. The Balaban J connectivity index is 2.26. The Morgan fingerprint density at radius 3 is 2.43 bits per heavy atom. The maximum Gasteiger partial charge on any atom is 0.336 e. The zero-order valence-corrected chi connectivity index (χ0v) is 12.8. The Labute approximate surface area is 125 Å². The lowest BCUT2D eigenvalue weighted by molar-refractivity contribution is 0.0688. The van der Waals surface area contributed by atoms with Gasteiger partial charge < -0.3 is 15.3 Å². The number of carbonyl (C=O) groups excluding carboxylic acids is 1. The standard InChI is InChI=1S/C16H22N2O3/c1-10-6-7-11(2)14(16(20)21)13(10)15(19)17-12-5-4-8-18(3)9-12/h6-7,12H,4-5,8-9H2,1-3H3,(H,17,19)(H,20,21). The Bertz CT molecular complexity index is 569. The molecule has 0 aromatic heterocycles. The molecular weight excluding hydrogens is 268 g/mol. The SMILES string of the molecule is Cc1ccc(C)c(C(=O)NC2CCCN(C)C2)c1C(=O)O. The summed E-state index contributed by atoms with van der Waals surface area (Å²) < 4.78 is 0. The molecular formula is C16H22N2O3. The lowest BCUT2D eigenvalue weighted by Crippen LogP contribution is -2.46. The van der Waals surface area contributed by atoms with Crippen molar-refractivity contribution in [3.63, 3.8) is 0 Å². The van der Waals surface area contributed by atoms with Crippen LogP contribution in [0, 0.1) is 13.8 Å². The van der Waals surface area contributed by atoms with Crippen molar-refractivity contribution in [2.24, 2.45) is 0 Å². The highest BCUT2D eigenvalue weighted by molar-refractivity contribution is 6.06. The number of rotatable bonds is 3. The van der Waals surface area contributed by atoms with Crippen LogP contribution in [0.15, 0.2) is 12.1 Å². The number of likely N-dealkylation sites (N-methyl/N-ethyl adjacent to an activating group) is 1. The highest BCUT2D eigenvalue weighted by atomic mass is 16.4. The summed E-state index contributed by atoms with van der Waals surface area (Å²) in [6.45, 7) is 5.33. The first-order valence-corrected chi connectivity index (χ1v) is 7.23. The van der Waals surface area contributed by atoms with E-state index in [1.165, 1.54) is 0 Å². The zero-order chi connectivity index (χ0) is 15.6. The Hall–Kier alpha value is -1.88. The van der Waals surface area contributed by atoms with Crippen molar-refractivity contribution >= 4 is 11.9 Å². The van der Waals surface area contributed by atoms with Crippen LogP contribution in [-0.2, 0) is 0 Å². The van der Waals surface area contributed by atoms with Crippen molar-refractivity contribution in [1.82, 2.24) is 10.2 Å². The number of carbonyl (C=O) groups is 2. The number of benzene rings is 1. The molecule has 0 spiro atoms. The van der Waals surface area contributed by atoms with E-state index in [4.69, 9.17) is 0 Å². The van der Waals surface area contributed by atoms with Crippen LogP contribution in [0.3, 0.4) is 0 Å². The molecule has 1 aliphatic heterocycles. The molecule has 1 amide bonds. The van der Waals surface area contributed by atoms with E-state index < -0.39 is 5.97 Å². The van der Waals surface area contributed by atoms with E-state index in [2.05, 4.69) is 10.2 Å². The predicted molar refractivity (Wildman–Crippen MR) is 80.9 cm³/mol. The molecule has 0 bridgehead atoms. The van der Waals surface area contributed by atoms with Crippen molar-refractivity contribution in [2.45, 2.75) is 32.7 Å². The van der Waals surface area contributed by atoms with Crippen molar-refractivity contribution in [1.29, 1.82) is 0 Å². The van der Waals surface area contributed by atoms with Crippen LogP contribution in [0.2, 0.25) is 0 Å². The fraction of sp³-hybridized carbons (Fsp3) is 0.500. The number of piperidine rings is 1. The summed E-state index contributed by atoms with van der Waals surface area (Å²) in [5.74, 6) is -1.34. The summed E-state index contributed by atoms with van der Waals surface area (Å²) in [6, 6.07) is 3.62. The monoisotopic (exact) mass is 290 g/mol. The third kappa shape index (κ3) is 3.42. The number of carboxylic acid groups (broad SMARTS) is 1. The van der Waals surface area contributed by atoms with E-state index in [1.54, 1.807) is 26.0 Å². The van der Waals surface area contributed by atoms with Gasteiger partial charge >= 0.3 is 5.97 Å². The van der Waals surface area contributed by atoms with Crippen LogP contribution in [0.4, 0.5) is 0 Å². The largest absolute Gasteiger partial charge is 0.478 e. The summed E-state index contributed by atoms with van der Waals surface area (Å²) >= 11 is 0. The average Bonchev–Trinajstić information content (AvgIpc) is 2.40.